The Morgan fingerprint density at radius 3 is 2.68 bits per heavy atom. The maximum absolute atomic E-state index is 12.2. The molecule has 0 aliphatic heterocycles. The van der Waals surface area contributed by atoms with Gasteiger partial charge < -0.3 is 10.1 Å². The molecule has 0 unspecified atom stereocenters. The molecule has 3 aromatic rings. The number of methoxy groups -OCH3 is 1. The molecular weight excluding hydrogens is 338 g/mol. The molecular formula is C17H17N5O2S. The van der Waals surface area contributed by atoms with Crippen molar-refractivity contribution in [2.75, 3.05) is 18.2 Å². The number of ether oxygens (including phenoxy) is 1. The van der Waals surface area contributed by atoms with Crippen molar-refractivity contribution in [3.05, 3.63) is 54.1 Å². The first-order valence-electron chi connectivity index (χ1n) is 7.58. The van der Waals surface area contributed by atoms with Crippen LogP contribution in [0.25, 0.3) is 5.69 Å². The molecule has 0 radical (unpaired) electrons. The lowest BCUT2D eigenvalue weighted by molar-refractivity contribution is -0.113. The molecule has 0 atom stereocenters. The number of tetrazole rings is 1. The normalized spacial score (nSPS) is 10.5. The van der Waals surface area contributed by atoms with Crippen molar-refractivity contribution in [3.63, 3.8) is 0 Å². The minimum Gasteiger partial charge on any atom is -0.497 e. The SMILES string of the molecule is COc1ccc(-n2nnnc2SCC(=O)Nc2ccccc2C)cc1. The van der Waals surface area contributed by atoms with Gasteiger partial charge in [0.25, 0.3) is 0 Å². The van der Waals surface area contributed by atoms with Crippen LogP contribution < -0.4 is 10.1 Å². The van der Waals surface area contributed by atoms with Crippen LogP contribution in [0.4, 0.5) is 5.69 Å². The van der Waals surface area contributed by atoms with Gasteiger partial charge >= 0.3 is 0 Å². The Bertz CT molecular complexity index is 863. The minimum atomic E-state index is -0.108. The van der Waals surface area contributed by atoms with Crippen molar-refractivity contribution in [2.24, 2.45) is 0 Å². The van der Waals surface area contributed by atoms with E-state index < -0.39 is 0 Å². The van der Waals surface area contributed by atoms with E-state index in [0.29, 0.717) is 5.16 Å². The summed E-state index contributed by atoms with van der Waals surface area (Å²) in [6.45, 7) is 1.95. The second-order valence-electron chi connectivity index (χ2n) is 5.22. The zero-order valence-corrected chi connectivity index (χ0v) is 14.7. The van der Waals surface area contributed by atoms with Crippen LogP contribution in [-0.2, 0) is 4.79 Å². The molecule has 0 aliphatic rings. The molecule has 3 rings (SSSR count). The molecule has 1 heterocycles. The fourth-order valence-electron chi connectivity index (χ4n) is 2.18. The fraction of sp³-hybridized carbons (Fsp3) is 0.176. The molecule has 1 N–H and O–H groups in total. The van der Waals surface area contributed by atoms with E-state index in [9.17, 15) is 4.79 Å². The predicted molar refractivity (Wildman–Crippen MR) is 96.2 cm³/mol. The van der Waals surface area contributed by atoms with Gasteiger partial charge in [-0.05, 0) is 53.2 Å². The number of hydrogen-bond acceptors (Lipinski definition) is 6. The van der Waals surface area contributed by atoms with Gasteiger partial charge in [-0.2, -0.15) is 4.68 Å². The molecule has 7 nitrogen and oxygen atoms in total. The average molecular weight is 355 g/mol. The Kier molecular flexibility index (Phi) is 5.30. The number of carbonyl (C=O) groups is 1. The third-order valence-electron chi connectivity index (χ3n) is 3.51. The molecule has 0 spiro atoms. The summed E-state index contributed by atoms with van der Waals surface area (Å²) in [6, 6.07) is 15.0. The summed E-state index contributed by atoms with van der Waals surface area (Å²) in [5.41, 5.74) is 2.62. The Balaban J connectivity index is 1.65. The highest BCUT2D eigenvalue weighted by atomic mass is 32.2. The van der Waals surface area contributed by atoms with E-state index in [2.05, 4.69) is 20.8 Å². The smallest absolute Gasteiger partial charge is 0.234 e. The first-order valence-corrected chi connectivity index (χ1v) is 8.57. The van der Waals surface area contributed by atoms with Gasteiger partial charge in [0.2, 0.25) is 11.1 Å². The summed E-state index contributed by atoms with van der Waals surface area (Å²) in [6.07, 6.45) is 0. The summed E-state index contributed by atoms with van der Waals surface area (Å²) in [5.74, 6) is 0.859. The first kappa shape index (κ1) is 17.0. The lowest BCUT2D eigenvalue weighted by atomic mass is 10.2. The highest BCUT2D eigenvalue weighted by Gasteiger charge is 2.12. The van der Waals surface area contributed by atoms with Gasteiger partial charge in [-0.1, -0.05) is 30.0 Å². The van der Waals surface area contributed by atoms with Crippen molar-refractivity contribution >= 4 is 23.4 Å². The molecule has 0 aliphatic carbocycles. The monoisotopic (exact) mass is 355 g/mol. The van der Waals surface area contributed by atoms with Crippen molar-refractivity contribution in [1.29, 1.82) is 0 Å². The van der Waals surface area contributed by atoms with Gasteiger partial charge in [0, 0.05) is 5.69 Å². The number of anilines is 1. The largest absolute Gasteiger partial charge is 0.497 e. The lowest BCUT2D eigenvalue weighted by Crippen LogP contribution is -2.15. The summed E-state index contributed by atoms with van der Waals surface area (Å²) in [4.78, 5) is 12.2. The van der Waals surface area contributed by atoms with Gasteiger partial charge in [0.1, 0.15) is 5.75 Å². The maximum atomic E-state index is 12.2. The third-order valence-corrected chi connectivity index (χ3v) is 4.43. The number of thioether (sulfide) groups is 1. The number of benzene rings is 2. The van der Waals surface area contributed by atoms with Crippen LogP contribution in [0.2, 0.25) is 0 Å². The summed E-state index contributed by atoms with van der Waals surface area (Å²) in [5, 5.41) is 15.1. The summed E-state index contributed by atoms with van der Waals surface area (Å²) in [7, 11) is 1.61. The zero-order valence-electron chi connectivity index (χ0n) is 13.8. The van der Waals surface area contributed by atoms with Gasteiger partial charge in [0.15, 0.2) is 0 Å². The Morgan fingerprint density at radius 1 is 1.20 bits per heavy atom. The molecule has 0 saturated carbocycles. The van der Waals surface area contributed by atoms with E-state index in [1.807, 2.05) is 55.5 Å². The second-order valence-corrected chi connectivity index (χ2v) is 6.17. The van der Waals surface area contributed by atoms with Gasteiger partial charge in [-0.3, -0.25) is 4.79 Å². The van der Waals surface area contributed by atoms with Crippen LogP contribution in [-0.4, -0.2) is 39.0 Å². The highest BCUT2D eigenvalue weighted by Crippen LogP contribution is 2.21. The number of carbonyl (C=O) groups excluding carboxylic acids is 1. The Morgan fingerprint density at radius 2 is 1.96 bits per heavy atom. The maximum Gasteiger partial charge on any atom is 0.234 e. The Hall–Kier alpha value is -2.87. The third kappa shape index (κ3) is 4.16. The van der Waals surface area contributed by atoms with Gasteiger partial charge in [0.05, 0.1) is 18.6 Å². The standard InChI is InChI=1S/C17H17N5O2S/c1-12-5-3-4-6-15(12)18-16(23)11-25-17-19-20-21-22(17)13-7-9-14(24-2)10-8-13/h3-10H,11H2,1-2H3,(H,18,23). The van der Waals surface area contributed by atoms with Crippen molar-refractivity contribution in [3.8, 4) is 11.4 Å². The topological polar surface area (TPSA) is 81.9 Å². The van der Waals surface area contributed by atoms with E-state index in [1.165, 1.54) is 11.8 Å². The molecule has 1 aromatic heterocycles. The molecule has 0 bridgehead atoms. The molecule has 25 heavy (non-hydrogen) atoms. The van der Waals surface area contributed by atoms with Crippen molar-refractivity contribution < 1.29 is 9.53 Å². The van der Waals surface area contributed by atoms with Gasteiger partial charge in [-0.15, -0.1) is 5.10 Å². The molecule has 0 fully saturated rings. The Labute approximate surface area is 149 Å². The zero-order chi connectivity index (χ0) is 17.6. The number of para-hydroxylation sites is 1. The lowest BCUT2D eigenvalue weighted by Gasteiger charge is -2.08. The number of aromatic nitrogens is 4. The second kappa shape index (κ2) is 7.80. The van der Waals surface area contributed by atoms with Crippen LogP contribution in [0.1, 0.15) is 5.56 Å². The van der Waals surface area contributed by atoms with Crippen LogP contribution in [0.5, 0.6) is 5.75 Å². The number of nitrogens with one attached hydrogen (secondary N) is 1. The number of amides is 1. The number of aryl methyl sites for hydroxylation is 1. The number of rotatable bonds is 6. The molecule has 8 heteroatoms. The summed E-state index contributed by atoms with van der Waals surface area (Å²) < 4.78 is 6.73. The van der Waals surface area contributed by atoms with Crippen LogP contribution in [0.3, 0.4) is 0 Å². The van der Waals surface area contributed by atoms with Crippen LogP contribution >= 0.6 is 11.8 Å². The van der Waals surface area contributed by atoms with E-state index in [4.69, 9.17) is 4.74 Å². The number of hydrogen-bond donors (Lipinski definition) is 1. The van der Waals surface area contributed by atoms with E-state index in [0.717, 1.165) is 22.7 Å². The summed E-state index contributed by atoms with van der Waals surface area (Å²) >= 11 is 1.28. The highest BCUT2D eigenvalue weighted by molar-refractivity contribution is 7.99. The van der Waals surface area contributed by atoms with Crippen LogP contribution in [0, 0.1) is 6.92 Å². The van der Waals surface area contributed by atoms with E-state index >= 15 is 0 Å². The molecule has 2 aromatic carbocycles. The molecule has 128 valence electrons. The average Bonchev–Trinajstić information content (AvgIpc) is 3.10. The number of nitrogens with zero attached hydrogens (tertiary/aromatic N) is 4. The predicted octanol–water partition coefficient (Wildman–Crippen LogP) is 2.71. The van der Waals surface area contributed by atoms with Crippen molar-refractivity contribution in [1.82, 2.24) is 20.2 Å². The molecule has 0 saturated heterocycles. The minimum absolute atomic E-state index is 0.108. The molecule has 1 amide bonds. The van der Waals surface area contributed by atoms with Crippen LogP contribution in [0.15, 0.2) is 53.7 Å². The van der Waals surface area contributed by atoms with Crippen molar-refractivity contribution in [2.45, 2.75) is 12.1 Å². The quantitative estimate of drug-likeness (QED) is 0.685. The van der Waals surface area contributed by atoms with Gasteiger partial charge in [-0.25, -0.2) is 0 Å². The fourth-order valence-corrected chi connectivity index (χ4v) is 2.87. The van der Waals surface area contributed by atoms with E-state index in [-0.39, 0.29) is 11.7 Å². The van der Waals surface area contributed by atoms with E-state index in [1.54, 1.807) is 11.8 Å². The first-order chi connectivity index (χ1) is 12.2.